The van der Waals surface area contributed by atoms with Gasteiger partial charge in [-0.15, -0.1) is 11.3 Å². The van der Waals surface area contributed by atoms with Crippen LogP contribution < -0.4 is 5.32 Å². The zero-order valence-electron chi connectivity index (χ0n) is 10.6. The van der Waals surface area contributed by atoms with Crippen LogP contribution in [0.5, 0.6) is 0 Å². The fourth-order valence-corrected chi connectivity index (χ4v) is 2.53. The van der Waals surface area contributed by atoms with Gasteiger partial charge in [-0.3, -0.25) is 4.79 Å². The van der Waals surface area contributed by atoms with Crippen molar-refractivity contribution in [3.63, 3.8) is 0 Å². The first-order chi connectivity index (χ1) is 8.68. The van der Waals surface area contributed by atoms with Crippen molar-refractivity contribution in [3.05, 3.63) is 58.3 Å². The third kappa shape index (κ3) is 2.99. The van der Waals surface area contributed by atoms with E-state index in [1.54, 1.807) is 11.3 Å². The average molecular weight is 259 g/mol. The molecule has 2 nitrogen and oxygen atoms in total. The summed E-state index contributed by atoms with van der Waals surface area (Å²) in [5, 5.41) is 5.14. The SMILES string of the molecule is CC(C)C(=O)NC(c1ccccc1)c1cccs1. The Morgan fingerprint density at radius 3 is 2.39 bits per heavy atom. The predicted octanol–water partition coefficient (Wildman–Crippen LogP) is 3.61. The maximum atomic E-state index is 11.9. The van der Waals surface area contributed by atoms with E-state index in [2.05, 4.69) is 11.4 Å². The number of nitrogens with one attached hydrogen (secondary N) is 1. The van der Waals surface area contributed by atoms with E-state index in [0.29, 0.717) is 0 Å². The van der Waals surface area contributed by atoms with Gasteiger partial charge in [0.15, 0.2) is 0 Å². The third-order valence-electron chi connectivity index (χ3n) is 2.77. The highest BCUT2D eigenvalue weighted by Crippen LogP contribution is 2.26. The molecule has 0 saturated carbocycles. The molecule has 1 aromatic carbocycles. The van der Waals surface area contributed by atoms with Crippen molar-refractivity contribution in [2.24, 2.45) is 5.92 Å². The molecule has 1 N–H and O–H groups in total. The van der Waals surface area contributed by atoms with E-state index < -0.39 is 0 Å². The number of hydrogen-bond acceptors (Lipinski definition) is 2. The highest BCUT2D eigenvalue weighted by molar-refractivity contribution is 7.10. The van der Waals surface area contributed by atoms with Crippen LogP contribution in [0.15, 0.2) is 47.8 Å². The molecule has 2 rings (SSSR count). The van der Waals surface area contributed by atoms with Gasteiger partial charge in [-0.1, -0.05) is 50.2 Å². The molecule has 1 aromatic heterocycles. The summed E-state index contributed by atoms with van der Waals surface area (Å²) in [6.07, 6.45) is 0. The maximum absolute atomic E-state index is 11.9. The number of thiophene rings is 1. The zero-order valence-corrected chi connectivity index (χ0v) is 11.4. The van der Waals surface area contributed by atoms with Crippen LogP contribution in [0.4, 0.5) is 0 Å². The standard InChI is InChI=1S/C15H17NOS/c1-11(2)15(17)16-14(13-9-6-10-18-13)12-7-4-3-5-8-12/h3-11,14H,1-2H3,(H,16,17). The van der Waals surface area contributed by atoms with Crippen molar-refractivity contribution in [1.29, 1.82) is 0 Å². The van der Waals surface area contributed by atoms with Gasteiger partial charge >= 0.3 is 0 Å². The molecule has 0 saturated heterocycles. The van der Waals surface area contributed by atoms with Crippen LogP contribution in [-0.2, 0) is 4.79 Å². The molecule has 1 atom stereocenters. The van der Waals surface area contributed by atoms with Gasteiger partial charge in [0.25, 0.3) is 0 Å². The van der Waals surface area contributed by atoms with E-state index in [1.807, 2.05) is 55.6 Å². The van der Waals surface area contributed by atoms with Gasteiger partial charge in [-0.2, -0.15) is 0 Å². The molecule has 0 fully saturated rings. The Labute approximate surface area is 112 Å². The Hall–Kier alpha value is -1.61. The lowest BCUT2D eigenvalue weighted by Crippen LogP contribution is -2.32. The monoisotopic (exact) mass is 259 g/mol. The quantitative estimate of drug-likeness (QED) is 0.893. The fourth-order valence-electron chi connectivity index (χ4n) is 1.73. The average Bonchev–Trinajstić information content (AvgIpc) is 2.90. The molecular formula is C15H17NOS. The minimum atomic E-state index is -0.0406. The van der Waals surface area contributed by atoms with Gasteiger partial charge in [0.05, 0.1) is 6.04 Å². The molecule has 18 heavy (non-hydrogen) atoms. The minimum Gasteiger partial charge on any atom is -0.344 e. The van der Waals surface area contributed by atoms with Crippen LogP contribution >= 0.6 is 11.3 Å². The first kappa shape index (κ1) is 12.8. The molecule has 1 heterocycles. The van der Waals surface area contributed by atoms with E-state index >= 15 is 0 Å². The van der Waals surface area contributed by atoms with Crippen LogP contribution in [0.2, 0.25) is 0 Å². The van der Waals surface area contributed by atoms with Gasteiger partial charge in [0.1, 0.15) is 0 Å². The Bertz CT molecular complexity index is 490. The van der Waals surface area contributed by atoms with Crippen LogP contribution in [0.3, 0.4) is 0 Å². The molecule has 0 aliphatic heterocycles. The molecule has 0 aliphatic carbocycles. The first-order valence-electron chi connectivity index (χ1n) is 6.07. The Morgan fingerprint density at radius 1 is 1.11 bits per heavy atom. The van der Waals surface area contributed by atoms with Gasteiger partial charge < -0.3 is 5.32 Å². The van der Waals surface area contributed by atoms with Gasteiger partial charge in [-0.05, 0) is 17.0 Å². The summed E-state index contributed by atoms with van der Waals surface area (Å²) in [5.74, 6) is 0.0772. The van der Waals surface area contributed by atoms with Crippen molar-refractivity contribution in [3.8, 4) is 0 Å². The van der Waals surface area contributed by atoms with Crippen molar-refractivity contribution in [2.75, 3.05) is 0 Å². The minimum absolute atomic E-state index is 0.00354. The lowest BCUT2D eigenvalue weighted by molar-refractivity contribution is -0.124. The summed E-state index contributed by atoms with van der Waals surface area (Å²) in [7, 11) is 0. The number of rotatable bonds is 4. The number of carbonyl (C=O) groups is 1. The van der Waals surface area contributed by atoms with Crippen LogP contribution in [0.25, 0.3) is 0 Å². The lowest BCUT2D eigenvalue weighted by Gasteiger charge is -2.19. The lowest BCUT2D eigenvalue weighted by atomic mass is 10.0. The first-order valence-corrected chi connectivity index (χ1v) is 6.95. The van der Waals surface area contributed by atoms with Crippen LogP contribution in [0.1, 0.15) is 30.3 Å². The summed E-state index contributed by atoms with van der Waals surface area (Å²) in [5.41, 5.74) is 1.12. The topological polar surface area (TPSA) is 29.1 Å². The summed E-state index contributed by atoms with van der Waals surface area (Å²) in [4.78, 5) is 13.1. The second-order valence-electron chi connectivity index (χ2n) is 4.52. The number of carbonyl (C=O) groups excluding carboxylic acids is 1. The van der Waals surface area contributed by atoms with E-state index in [-0.39, 0.29) is 17.9 Å². The molecule has 0 spiro atoms. The molecule has 0 bridgehead atoms. The van der Waals surface area contributed by atoms with E-state index in [4.69, 9.17) is 0 Å². The Balaban J connectivity index is 2.27. The molecule has 94 valence electrons. The van der Waals surface area contributed by atoms with E-state index in [1.165, 1.54) is 0 Å². The second kappa shape index (κ2) is 5.83. The molecule has 1 amide bonds. The van der Waals surface area contributed by atoms with Gasteiger partial charge in [-0.25, -0.2) is 0 Å². The van der Waals surface area contributed by atoms with Crippen LogP contribution in [-0.4, -0.2) is 5.91 Å². The van der Waals surface area contributed by atoms with Gasteiger partial charge in [0.2, 0.25) is 5.91 Å². The summed E-state index contributed by atoms with van der Waals surface area (Å²) in [6, 6.07) is 14.1. The molecule has 2 aromatic rings. The summed E-state index contributed by atoms with van der Waals surface area (Å²) >= 11 is 1.66. The maximum Gasteiger partial charge on any atom is 0.223 e. The second-order valence-corrected chi connectivity index (χ2v) is 5.50. The molecule has 0 aliphatic rings. The molecule has 3 heteroatoms. The largest absolute Gasteiger partial charge is 0.344 e. The normalized spacial score (nSPS) is 12.4. The Morgan fingerprint density at radius 2 is 1.83 bits per heavy atom. The van der Waals surface area contributed by atoms with Crippen molar-refractivity contribution in [2.45, 2.75) is 19.9 Å². The molecular weight excluding hydrogens is 242 g/mol. The van der Waals surface area contributed by atoms with Gasteiger partial charge in [0, 0.05) is 10.8 Å². The van der Waals surface area contributed by atoms with Crippen LogP contribution in [0, 0.1) is 5.92 Å². The highest BCUT2D eigenvalue weighted by Gasteiger charge is 2.18. The summed E-state index contributed by atoms with van der Waals surface area (Å²) < 4.78 is 0. The smallest absolute Gasteiger partial charge is 0.223 e. The third-order valence-corrected chi connectivity index (χ3v) is 3.71. The fraction of sp³-hybridized carbons (Fsp3) is 0.267. The predicted molar refractivity (Wildman–Crippen MR) is 75.6 cm³/mol. The Kier molecular flexibility index (Phi) is 4.15. The molecule has 0 radical (unpaired) electrons. The van der Waals surface area contributed by atoms with E-state index in [9.17, 15) is 4.79 Å². The van der Waals surface area contributed by atoms with Crippen molar-refractivity contribution < 1.29 is 4.79 Å². The van der Waals surface area contributed by atoms with E-state index in [0.717, 1.165) is 10.4 Å². The number of hydrogen-bond donors (Lipinski definition) is 1. The summed E-state index contributed by atoms with van der Waals surface area (Å²) in [6.45, 7) is 3.82. The zero-order chi connectivity index (χ0) is 13.0. The van der Waals surface area contributed by atoms with Crippen molar-refractivity contribution >= 4 is 17.2 Å². The van der Waals surface area contributed by atoms with Crippen molar-refractivity contribution in [1.82, 2.24) is 5.32 Å². The number of amides is 1. The highest BCUT2D eigenvalue weighted by atomic mass is 32.1. The molecule has 1 unspecified atom stereocenters. The number of benzene rings is 1.